The largest absolute Gasteiger partial charge is 0.458 e. The fourth-order valence-electron chi connectivity index (χ4n) is 7.66. The molecule has 6 nitrogen and oxygen atoms in total. The number of hydrogen-bond donors (Lipinski definition) is 0. The monoisotopic (exact) mass is 468 g/mol. The van der Waals surface area contributed by atoms with E-state index in [1.165, 1.54) is 25.5 Å². The highest BCUT2D eigenvalue weighted by Crippen LogP contribution is 2.65. The maximum absolute atomic E-state index is 12.7. The van der Waals surface area contributed by atoms with Gasteiger partial charge >= 0.3 is 17.9 Å². The van der Waals surface area contributed by atoms with Crippen LogP contribution in [0.2, 0.25) is 0 Å². The minimum atomic E-state index is -0.949. The summed E-state index contributed by atoms with van der Waals surface area (Å²) in [7, 11) is 0. The first-order valence-corrected chi connectivity index (χ1v) is 12.5. The van der Waals surface area contributed by atoms with Crippen LogP contribution in [0.25, 0.3) is 0 Å². The van der Waals surface area contributed by atoms with Crippen LogP contribution in [0, 0.1) is 41.4 Å². The minimum Gasteiger partial charge on any atom is -0.458 e. The summed E-state index contributed by atoms with van der Waals surface area (Å²) in [5, 5.41) is 0. The van der Waals surface area contributed by atoms with Gasteiger partial charge in [-0.25, -0.2) is 4.79 Å². The number of rotatable bonds is 4. The summed E-state index contributed by atoms with van der Waals surface area (Å²) in [6.07, 6.45) is 17.1. The average Bonchev–Trinajstić information content (AvgIpc) is 3.04. The Kier molecular flexibility index (Phi) is 6.68. The standard InChI is InChI=1S/C28H36O6/c1-6-28(34-26(31)15-17(2)32-18(3)29)14-12-25-24-9-7-20-16-21(33-19(4)30)8-10-22(20)23(24)11-13-27(25,28)5/h1,15-16,21-25H,7-14H2,2-5H3/b17-15+. The van der Waals surface area contributed by atoms with E-state index in [0.717, 1.165) is 44.9 Å². The summed E-state index contributed by atoms with van der Waals surface area (Å²) in [5.74, 6) is 3.95. The second-order valence-electron chi connectivity index (χ2n) is 10.8. The van der Waals surface area contributed by atoms with Crippen LogP contribution in [0.4, 0.5) is 0 Å². The predicted molar refractivity (Wildman–Crippen MR) is 126 cm³/mol. The van der Waals surface area contributed by atoms with E-state index < -0.39 is 17.5 Å². The van der Waals surface area contributed by atoms with Gasteiger partial charge in [-0.3, -0.25) is 9.59 Å². The number of fused-ring (bicyclic) bond motifs is 5. The van der Waals surface area contributed by atoms with Crippen LogP contribution >= 0.6 is 0 Å². The van der Waals surface area contributed by atoms with Crippen LogP contribution in [0.1, 0.15) is 79.1 Å². The molecule has 4 aliphatic carbocycles. The maximum atomic E-state index is 12.7. The van der Waals surface area contributed by atoms with Crippen molar-refractivity contribution in [3.8, 4) is 12.3 Å². The van der Waals surface area contributed by atoms with Crippen molar-refractivity contribution < 1.29 is 28.6 Å². The lowest BCUT2D eigenvalue weighted by Gasteiger charge is -2.55. The average molecular weight is 469 g/mol. The van der Waals surface area contributed by atoms with Crippen molar-refractivity contribution in [2.45, 2.75) is 90.8 Å². The van der Waals surface area contributed by atoms with Gasteiger partial charge in [-0.1, -0.05) is 18.4 Å². The molecule has 0 bridgehead atoms. The number of hydrogen-bond acceptors (Lipinski definition) is 6. The van der Waals surface area contributed by atoms with E-state index in [2.05, 4.69) is 18.9 Å². The fourth-order valence-corrected chi connectivity index (χ4v) is 7.66. The van der Waals surface area contributed by atoms with Crippen molar-refractivity contribution in [1.82, 2.24) is 0 Å². The topological polar surface area (TPSA) is 78.9 Å². The van der Waals surface area contributed by atoms with Crippen molar-refractivity contribution in [3.05, 3.63) is 23.5 Å². The summed E-state index contributed by atoms with van der Waals surface area (Å²) in [6.45, 7) is 6.53. The molecule has 0 radical (unpaired) electrons. The number of carbonyl (C=O) groups excluding carboxylic acids is 3. The van der Waals surface area contributed by atoms with Crippen molar-refractivity contribution in [2.75, 3.05) is 0 Å². The summed E-state index contributed by atoms with van der Waals surface area (Å²) < 4.78 is 16.4. The number of ether oxygens (including phenoxy) is 3. The molecule has 34 heavy (non-hydrogen) atoms. The van der Waals surface area contributed by atoms with E-state index in [9.17, 15) is 14.4 Å². The van der Waals surface area contributed by atoms with Crippen LogP contribution in [-0.2, 0) is 28.6 Å². The Morgan fingerprint density at radius 3 is 2.47 bits per heavy atom. The highest BCUT2D eigenvalue weighted by atomic mass is 16.6. The molecule has 0 amide bonds. The summed E-state index contributed by atoms with van der Waals surface area (Å²) in [6, 6.07) is 0. The molecule has 3 fully saturated rings. The summed E-state index contributed by atoms with van der Waals surface area (Å²) in [4.78, 5) is 35.3. The first-order valence-electron chi connectivity index (χ1n) is 12.5. The van der Waals surface area contributed by atoms with Crippen LogP contribution in [0.3, 0.4) is 0 Å². The zero-order valence-electron chi connectivity index (χ0n) is 20.7. The molecular weight excluding hydrogens is 432 g/mol. The quantitative estimate of drug-likeness (QED) is 0.146. The molecule has 3 saturated carbocycles. The Morgan fingerprint density at radius 2 is 1.79 bits per heavy atom. The van der Waals surface area contributed by atoms with Crippen LogP contribution in [0.5, 0.6) is 0 Å². The molecular formula is C28H36O6. The van der Waals surface area contributed by atoms with Gasteiger partial charge in [-0.05, 0) is 88.0 Å². The Morgan fingerprint density at radius 1 is 1.03 bits per heavy atom. The normalized spacial score (nSPS) is 38.9. The second-order valence-corrected chi connectivity index (χ2v) is 10.8. The second kappa shape index (κ2) is 9.24. The van der Waals surface area contributed by atoms with Crippen molar-refractivity contribution >= 4 is 17.9 Å². The lowest BCUT2D eigenvalue weighted by atomic mass is 9.50. The van der Waals surface area contributed by atoms with Crippen LogP contribution in [0.15, 0.2) is 23.5 Å². The van der Waals surface area contributed by atoms with E-state index >= 15 is 0 Å². The lowest BCUT2D eigenvalue weighted by molar-refractivity contribution is -0.164. The highest BCUT2D eigenvalue weighted by Gasteiger charge is 2.64. The molecule has 4 aliphatic rings. The SMILES string of the molecule is C#CC1(OC(=O)/C=C(\C)OC(C)=O)CCC2C3CCC4=CC(OC(C)=O)CCC4C3CCC21C. The van der Waals surface area contributed by atoms with Gasteiger partial charge in [0.25, 0.3) is 0 Å². The van der Waals surface area contributed by atoms with E-state index in [-0.39, 0.29) is 23.2 Å². The molecule has 0 spiro atoms. The number of allylic oxidation sites excluding steroid dienone is 2. The van der Waals surface area contributed by atoms with E-state index in [0.29, 0.717) is 30.1 Å². The smallest absolute Gasteiger partial charge is 0.335 e. The lowest BCUT2D eigenvalue weighted by Crippen LogP contribution is -2.53. The van der Waals surface area contributed by atoms with Gasteiger partial charge in [0.05, 0.1) is 6.08 Å². The third-order valence-electron chi connectivity index (χ3n) is 8.98. The van der Waals surface area contributed by atoms with Gasteiger partial charge in [0.1, 0.15) is 11.9 Å². The fraction of sp³-hybridized carbons (Fsp3) is 0.679. The van der Waals surface area contributed by atoms with E-state index in [1.807, 2.05) is 0 Å². The molecule has 184 valence electrons. The number of esters is 3. The third kappa shape index (κ3) is 4.30. The molecule has 0 heterocycles. The molecule has 7 atom stereocenters. The molecule has 0 aromatic carbocycles. The molecule has 0 aromatic rings. The van der Waals surface area contributed by atoms with Gasteiger partial charge in [0, 0.05) is 19.3 Å². The van der Waals surface area contributed by atoms with Crippen LogP contribution in [-0.4, -0.2) is 29.6 Å². The zero-order valence-corrected chi connectivity index (χ0v) is 20.7. The molecule has 4 rings (SSSR count). The predicted octanol–water partition coefficient (Wildman–Crippen LogP) is 4.87. The Bertz CT molecular complexity index is 970. The molecule has 0 aromatic heterocycles. The first kappa shape index (κ1) is 24.6. The molecule has 0 saturated heterocycles. The van der Waals surface area contributed by atoms with Gasteiger partial charge in [0.2, 0.25) is 0 Å². The number of terminal acetylenes is 1. The number of carbonyl (C=O) groups is 3. The summed E-state index contributed by atoms with van der Waals surface area (Å²) in [5.41, 5.74) is 0.231. The first-order chi connectivity index (χ1) is 16.1. The molecule has 6 heteroatoms. The van der Waals surface area contributed by atoms with Gasteiger partial charge in [-0.15, -0.1) is 6.42 Å². The Balaban J connectivity index is 1.51. The van der Waals surface area contributed by atoms with Gasteiger partial charge in [-0.2, -0.15) is 0 Å². The van der Waals surface area contributed by atoms with E-state index in [1.54, 1.807) is 6.92 Å². The Labute approximate surface area is 202 Å². The van der Waals surface area contributed by atoms with Gasteiger partial charge in [0.15, 0.2) is 5.60 Å². The zero-order chi connectivity index (χ0) is 24.7. The third-order valence-corrected chi connectivity index (χ3v) is 8.98. The molecule has 0 aliphatic heterocycles. The van der Waals surface area contributed by atoms with Crippen molar-refractivity contribution in [2.24, 2.45) is 29.1 Å². The minimum absolute atomic E-state index is 0.0855. The summed E-state index contributed by atoms with van der Waals surface area (Å²) >= 11 is 0. The van der Waals surface area contributed by atoms with E-state index in [4.69, 9.17) is 20.6 Å². The van der Waals surface area contributed by atoms with Crippen molar-refractivity contribution in [1.29, 1.82) is 0 Å². The van der Waals surface area contributed by atoms with Crippen molar-refractivity contribution in [3.63, 3.8) is 0 Å². The molecule has 7 unspecified atom stereocenters. The van der Waals surface area contributed by atoms with Gasteiger partial charge < -0.3 is 14.2 Å². The Hall–Kier alpha value is -2.55. The highest BCUT2D eigenvalue weighted by molar-refractivity contribution is 5.83. The molecule has 0 N–H and O–H groups in total. The van der Waals surface area contributed by atoms with Crippen LogP contribution < -0.4 is 0 Å². The maximum Gasteiger partial charge on any atom is 0.335 e.